The molecule has 5 nitrogen and oxygen atoms in total. The Kier molecular flexibility index (Phi) is 7.34. The number of amides is 2. The van der Waals surface area contributed by atoms with Crippen LogP contribution in [0.15, 0.2) is 53.2 Å². The van der Waals surface area contributed by atoms with E-state index in [9.17, 15) is 9.59 Å². The molecule has 0 radical (unpaired) electrons. The molecule has 1 aromatic carbocycles. The van der Waals surface area contributed by atoms with Crippen molar-refractivity contribution in [1.82, 2.24) is 14.7 Å². The van der Waals surface area contributed by atoms with Crippen molar-refractivity contribution in [1.29, 1.82) is 0 Å². The number of hydrogen-bond acceptors (Lipinski definition) is 5. The van der Waals surface area contributed by atoms with Crippen molar-refractivity contribution in [2.45, 2.75) is 25.3 Å². The molecule has 1 fully saturated rings. The SMILES string of the molecule is O=C(Cc1cccs1)N1CCCN(C(=O)CN2CCc3sccc3[C@H]2c2ccc(Cl)cc2)CC1. The van der Waals surface area contributed by atoms with Gasteiger partial charge in [0.15, 0.2) is 0 Å². The Morgan fingerprint density at radius 2 is 1.65 bits per heavy atom. The van der Waals surface area contributed by atoms with Crippen molar-refractivity contribution >= 4 is 46.1 Å². The standard InChI is InChI=1S/C26H28ClN3O2S2/c27-20-6-4-19(5-7-20)26-22-9-16-34-23(22)8-12-30(26)18-25(32)29-11-2-10-28(13-14-29)24(31)17-21-3-1-15-33-21/h1,3-7,9,15-16,26H,2,8,10-14,17-18H2/t26-/m1/s1. The summed E-state index contributed by atoms with van der Waals surface area (Å²) in [5.41, 5.74) is 2.46. The minimum Gasteiger partial charge on any atom is -0.341 e. The first kappa shape index (κ1) is 23.5. The lowest BCUT2D eigenvalue weighted by Crippen LogP contribution is -2.45. The fraction of sp³-hybridized carbons (Fsp3) is 0.385. The van der Waals surface area contributed by atoms with Crippen molar-refractivity contribution in [3.05, 3.63) is 79.1 Å². The quantitative estimate of drug-likeness (QED) is 0.496. The normalized spacial score (nSPS) is 19.0. The third kappa shape index (κ3) is 5.23. The van der Waals surface area contributed by atoms with E-state index in [0.29, 0.717) is 39.1 Å². The summed E-state index contributed by atoms with van der Waals surface area (Å²) in [6.45, 7) is 3.84. The van der Waals surface area contributed by atoms with E-state index in [1.54, 1.807) is 22.7 Å². The molecule has 5 rings (SSSR count). The average Bonchev–Trinajstić information content (AvgIpc) is 3.46. The molecule has 4 heterocycles. The molecule has 178 valence electrons. The smallest absolute Gasteiger partial charge is 0.236 e. The molecular weight excluding hydrogens is 486 g/mol. The van der Waals surface area contributed by atoms with Crippen LogP contribution in [0.25, 0.3) is 0 Å². The van der Waals surface area contributed by atoms with Gasteiger partial charge in [0.2, 0.25) is 11.8 Å². The molecule has 2 aliphatic rings. The summed E-state index contributed by atoms with van der Waals surface area (Å²) in [6.07, 6.45) is 2.23. The zero-order valence-electron chi connectivity index (χ0n) is 19.0. The van der Waals surface area contributed by atoms with Crippen molar-refractivity contribution in [3.63, 3.8) is 0 Å². The van der Waals surface area contributed by atoms with Gasteiger partial charge in [-0.25, -0.2) is 0 Å². The summed E-state index contributed by atoms with van der Waals surface area (Å²) in [6, 6.07) is 14.2. The van der Waals surface area contributed by atoms with Gasteiger partial charge in [0.25, 0.3) is 0 Å². The molecule has 0 bridgehead atoms. The van der Waals surface area contributed by atoms with Crippen LogP contribution in [0.5, 0.6) is 0 Å². The number of carbonyl (C=O) groups excluding carboxylic acids is 2. The predicted octanol–water partition coefficient (Wildman–Crippen LogP) is 4.71. The highest BCUT2D eigenvalue weighted by Crippen LogP contribution is 2.38. The predicted molar refractivity (Wildman–Crippen MR) is 139 cm³/mol. The van der Waals surface area contributed by atoms with Crippen LogP contribution in [0.4, 0.5) is 0 Å². The summed E-state index contributed by atoms with van der Waals surface area (Å²) in [7, 11) is 0. The van der Waals surface area contributed by atoms with Crippen LogP contribution >= 0.6 is 34.3 Å². The molecule has 8 heteroatoms. The molecule has 2 aliphatic heterocycles. The Morgan fingerprint density at radius 3 is 2.38 bits per heavy atom. The van der Waals surface area contributed by atoms with Gasteiger partial charge in [-0.3, -0.25) is 14.5 Å². The van der Waals surface area contributed by atoms with Crippen LogP contribution in [0.1, 0.15) is 33.3 Å². The fourth-order valence-corrected chi connectivity index (χ4v) is 6.66. The van der Waals surface area contributed by atoms with E-state index in [2.05, 4.69) is 28.5 Å². The number of hydrogen-bond donors (Lipinski definition) is 0. The summed E-state index contributed by atoms with van der Waals surface area (Å²) in [4.78, 5) is 34.8. The van der Waals surface area contributed by atoms with E-state index in [-0.39, 0.29) is 17.9 Å². The highest BCUT2D eigenvalue weighted by Gasteiger charge is 2.32. The first-order valence-corrected chi connectivity index (χ1v) is 13.9. The molecule has 0 saturated carbocycles. The third-order valence-electron chi connectivity index (χ3n) is 6.70. The van der Waals surface area contributed by atoms with E-state index in [1.807, 2.05) is 39.4 Å². The monoisotopic (exact) mass is 513 g/mol. The van der Waals surface area contributed by atoms with E-state index in [0.717, 1.165) is 34.8 Å². The lowest BCUT2D eigenvalue weighted by atomic mass is 9.93. The Bertz CT molecular complexity index is 1130. The zero-order chi connectivity index (χ0) is 23.5. The Hall–Kier alpha value is -2.19. The number of benzene rings is 1. The van der Waals surface area contributed by atoms with E-state index < -0.39 is 0 Å². The van der Waals surface area contributed by atoms with Gasteiger partial charge in [-0.05, 0) is 59.0 Å². The molecule has 0 N–H and O–H groups in total. The average molecular weight is 514 g/mol. The highest BCUT2D eigenvalue weighted by molar-refractivity contribution is 7.10. The molecule has 1 atom stereocenters. The van der Waals surface area contributed by atoms with Gasteiger partial charge >= 0.3 is 0 Å². The van der Waals surface area contributed by atoms with Crippen molar-refractivity contribution in [2.75, 3.05) is 39.3 Å². The number of halogens is 1. The topological polar surface area (TPSA) is 43.9 Å². The lowest BCUT2D eigenvalue weighted by Gasteiger charge is -2.37. The molecule has 0 spiro atoms. The summed E-state index contributed by atoms with van der Waals surface area (Å²) >= 11 is 9.56. The first-order chi connectivity index (χ1) is 16.6. The van der Waals surface area contributed by atoms with Gasteiger partial charge in [0, 0.05) is 47.5 Å². The molecule has 1 saturated heterocycles. The zero-order valence-corrected chi connectivity index (χ0v) is 21.4. The van der Waals surface area contributed by atoms with Crippen LogP contribution in [0, 0.1) is 0 Å². The third-order valence-corrected chi connectivity index (χ3v) is 8.82. The maximum atomic E-state index is 13.4. The number of nitrogens with zero attached hydrogens (tertiary/aromatic N) is 3. The highest BCUT2D eigenvalue weighted by atomic mass is 35.5. The molecule has 34 heavy (non-hydrogen) atoms. The number of fused-ring (bicyclic) bond motifs is 1. The number of thiophene rings is 2. The van der Waals surface area contributed by atoms with Crippen LogP contribution in [-0.4, -0.2) is 65.8 Å². The fourth-order valence-electron chi connectivity index (χ4n) is 4.94. The minimum atomic E-state index is 0.0621. The molecular formula is C26H28ClN3O2S2. The summed E-state index contributed by atoms with van der Waals surface area (Å²) in [5, 5.41) is 4.87. The van der Waals surface area contributed by atoms with Crippen molar-refractivity contribution in [2.24, 2.45) is 0 Å². The lowest BCUT2D eigenvalue weighted by molar-refractivity contribution is -0.134. The van der Waals surface area contributed by atoms with Crippen LogP contribution in [0.3, 0.4) is 0 Å². The van der Waals surface area contributed by atoms with Crippen LogP contribution < -0.4 is 0 Å². The Balaban J connectivity index is 1.25. The minimum absolute atomic E-state index is 0.0621. The van der Waals surface area contributed by atoms with Crippen molar-refractivity contribution < 1.29 is 9.59 Å². The van der Waals surface area contributed by atoms with Gasteiger partial charge in [0.05, 0.1) is 19.0 Å². The first-order valence-electron chi connectivity index (χ1n) is 11.7. The van der Waals surface area contributed by atoms with E-state index >= 15 is 0 Å². The summed E-state index contributed by atoms with van der Waals surface area (Å²) < 4.78 is 0. The van der Waals surface area contributed by atoms with Crippen molar-refractivity contribution in [3.8, 4) is 0 Å². The number of rotatable bonds is 5. The second-order valence-corrected chi connectivity index (χ2v) is 11.3. The van der Waals surface area contributed by atoms with Gasteiger partial charge in [0.1, 0.15) is 0 Å². The molecule has 2 amide bonds. The van der Waals surface area contributed by atoms with Gasteiger partial charge in [-0.15, -0.1) is 22.7 Å². The molecule has 2 aromatic heterocycles. The second kappa shape index (κ2) is 10.6. The second-order valence-electron chi connectivity index (χ2n) is 8.84. The van der Waals surface area contributed by atoms with E-state index in [1.165, 1.54) is 10.4 Å². The van der Waals surface area contributed by atoms with Crippen LogP contribution in [-0.2, 0) is 22.4 Å². The van der Waals surface area contributed by atoms with Crippen LogP contribution in [0.2, 0.25) is 5.02 Å². The molecule has 0 unspecified atom stereocenters. The van der Waals surface area contributed by atoms with Gasteiger partial charge < -0.3 is 9.80 Å². The Morgan fingerprint density at radius 1 is 0.882 bits per heavy atom. The maximum absolute atomic E-state index is 13.4. The van der Waals surface area contributed by atoms with Gasteiger partial charge in [-0.1, -0.05) is 29.8 Å². The largest absolute Gasteiger partial charge is 0.341 e. The summed E-state index contributed by atoms with van der Waals surface area (Å²) in [5.74, 6) is 0.297. The molecule has 0 aliphatic carbocycles. The Labute approximate surface area is 213 Å². The number of carbonyl (C=O) groups is 2. The maximum Gasteiger partial charge on any atom is 0.236 e. The van der Waals surface area contributed by atoms with E-state index in [4.69, 9.17) is 11.6 Å². The van der Waals surface area contributed by atoms with Gasteiger partial charge in [-0.2, -0.15) is 0 Å². The molecule has 3 aromatic rings.